The van der Waals surface area contributed by atoms with Gasteiger partial charge in [-0.3, -0.25) is 0 Å². The Hall–Kier alpha value is -5.78. The van der Waals surface area contributed by atoms with Crippen LogP contribution in [-0.2, 0) is 22.4 Å². The molecule has 5 heteroatoms. The zero-order valence-corrected chi connectivity index (χ0v) is 28.4. The SMILES string of the molecule is [Au].c1ccc([C+]2c3ccc([n-]3)[C+](c3ccccc3)c3ccc([n-]3)[C+](c3ccccc3)c3ccc([n-]3)[C+](c3ccccc3)c3ccc2[n-]3)cc1. The van der Waals surface area contributed by atoms with E-state index >= 15 is 0 Å². The van der Waals surface area contributed by atoms with Crippen LogP contribution >= 0.6 is 0 Å². The fourth-order valence-electron chi connectivity index (χ4n) is 6.69. The smallest absolute Gasteiger partial charge is 0.0768 e. The Morgan fingerprint density at radius 2 is 0.388 bits per heavy atom. The quantitative estimate of drug-likeness (QED) is 0.134. The van der Waals surface area contributed by atoms with Gasteiger partial charge in [0.2, 0.25) is 0 Å². The maximum atomic E-state index is 5.31. The number of fused-ring (bicyclic) bond motifs is 8. The maximum absolute atomic E-state index is 5.31. The van der Waals surface area contributed by atoms with Gasteiger partial charge in [-0.2, -0.15) is 0 Å². The molecule has 0 saturated heterocycles. The number of rotatable bonds is 4. The number of aromatic nitrogens is 4. The van der Waals surface area contributed by atoms with E-state index in [2.05, 4.69) is 146 Å². The Bertz CT molecular complexity index is 1860. The summed E-state index contributed by atoms with van der Waals surface area (Å²) >= 11 is 0. The summed E-state index contributed by atoms with van der Waals surface area (Å²) in [5.41, 5.74) is 11.1. The predicted octanol–water partition coefficient (Wildman–Crippen LogP) is 7.90. The Labute approximate surface area is 302 Å². The molecule has 0 aliphatic carbocycles. The second-order valence-electron chi connectivity index (χ2n) is 11.8. The number of benzene rings is 4. The first-order chi connectivity index (χ1) is 23.8. The molecule has 1 radical (unpaired) electrons. The summed E-state index contributed by atoms with van der Waals surface area (Å²) in [5.74, 6) is 3.91. The van der Waals surface area contributed by atoms with Crippen molar-refractivity contribution in [3.63, 3.8) is 0 Å². The van der Waals surface area contributed by atoms with E-state index in [0.717, 1.165) is 91.5 Å². The number of hydrogen-bond acceptors (Lipinski definition) is 0. The maximum Gasteiger partial charge on any atom is 0.0768 e. The van der Waals surface area contributed by atoms with Gasteiger partial charge in [-0.05, 0) is 118 Å². The van der Waals surface area contributed by atoms with E-state index in [4.69, 9.17) is 19.9 Å². The average Bonchev–Trinajstić information content (AvgIpc) is 3.98. The second kappa shape index (κ2) is 13.0. The van der Waals surface area contributed by atoms with Crippen molar-refractivity contribution in [2.75, 3.05) is 0 Å². The third kappa shape index (κ3) is 5.62. The topological polar surface area (TPSA) is 56.4 Å². The fourth-order valence-corrected chi connectivity index (χ4v) is 6.69. The van der Waals surface area contributed by atoms with Crippen molar-refractivity contribution in [1.82, 2.24) is 19.9 Å². The van der Waals surface area contributed by atoms with Crippen LogP contribution in [0.4, 0.5) is 0 Å². The van der Waals surface area contributed by atoms with Crippen LogP contribution < -0.4 is 19.9 Å². The molecule has 0 fully saturated rings. The van der Waals surface area contributed by atoms with E-state index in [1.165, 1.54) is 0 Å². The van der Waals surface area contributed by atoms with E-state index in [1.807, 2.05) is 24.3 Å². The second-order valence-corrected chi connectivity index (χ2v) is 11.8. The summed E-state index contributed by atoms with van der Waals surface area (Å²) in [6.45, 7) is 0. The van der Waals surface area contributed by atoms with E-state index in [0.29, 0.717) is 0 Å². The van der Waals surface area contributed by atoms with Gasteiger partial charge in [-0.25, -0.2) is 0 Å². The molecule has 9 rings (SSSR count). The summed E-state index contributed by atoms with van der Waals surface area (Å²) < 4.78 is 0. The summed E-state index contributed by atoms with van der Waals surface area (Å²) in [6.07, 6.45) is 0. The molecule has 0 atom stereocenters. The fraction of sp³-hybridized carbons (Fsp3) is 0. The van der Waals surface area contributed by atoms with Crippen LogP contribution in [0.3, 0.4) is 0 Å². The van der Waals surface area contributed by atoms with Crippen molar-refractivity contribution in [3.8, 4) is 0 Å². The molecule has 0 saturated carbocycles. The Balaban J connectivity index is 0.00000348. The van der Waals surface area contributed by atoms with Crippen LogP contribution in [0.1, 0.15) is 67.8 Å². The third-order valence-corrected chi connectivity index (χ3v) is 8.86. The molecule has 5 heterocycles. The molecule has 1 aliphatic rings. The molecule has 0 unspecified atom stereocenters. The normalized spacial score (nSPS) is 12.6. The van der Waals surface area contributed by atoms with Crippen molar-refractivity contribution in [3.05, 3.63) is 261 Å². The van der Waals surface area contributed by atoms with Crippen LogP contribution in [0.2, 0.25) is 0 Å². The van der Waals surface area contributed by atoms with E-state index in [1.54, 1.807) is 0 Å². The Morgan fingerprint density at radius 3 is 0.551 bits per heavy atom. The van der Waals surface area contributed by atoms with Crippen molar-refractivity contribution >= 4 is 0 Å². The molecule has 0 N–H and O–H groups in total. The first kappa shape index (κ1) is 30.5. The summed E-state index contributed by atoms with van der Waals surface area (Å²) in [4.78, 5) is 21.2. The average molecular weight is 810 g/mol. The van der Waals surface area contributed by atoms with Gasteiger partial charge in [0.25, 0.3) is 0 Å². The minimum atomic E-state index is 0. The van der Waals surface area contributed by atoms with Gasteiger partial charge in [-0.1, -0.05) is 0 Å². The Kier molecular flexibility index (Phi) is 8.12. The van der Waals surface area contributed by atoms with Gasteiger partial charge in [0.1, 0.15) is 0 Å². The van der Waals surface area contributed by atoms with Gasteiger partial charge < -0.3 is 19.9 Å². The number of hydrogen-bond donors (Lipinski definition) is 0. The molecule has 235 valence electrons. The molecule has 1 aliphatic heterocycles. The standard InChI is InChI=1S/C44H28N4.Au/c1-5-13-29(14-6-1)41-33-21-23-35(45-33)42(30-15-7-2-8-16-30)37-25-27-39(47-37)44(32-19-11-4-12-20-32)40-28-26-38(48-40)43(31-17-9-3-10-18-31)36-24-22-34(41)46-36;/h1-28H;. The molecule has 0 amide bonds. The summed E-state index contributed by atoms with van der Waals surface area (Å²) in [6, 6.07) is 58.4. The van der Waals surface area contributed by atoms with E-state index in [9.17, 15) is 0 Å². The molecular formula is C44H28AuN4. The zero-order valence-electron chi connectivity index (χ0n) is 26.3. The van der Waals surface area contributed by atoms with E-state index < -0.39 is 0 Å². The molecule has 8 aromatic rings. The molecule has 49 heavy (non-hydrogen) atoms. The summed E-state index contributed by atoms with van der Waals surface area (Å²) in [5, 5.41) is 0. The monoisotopic (exact) mass is 809 g/mol. The van der Waals surface area contributed by atoms with Crippen molar-refractivity contribution in [1.29, 1.82) is 0 Å². The van der Waals surface area contributed by atoms with Gasteiger partial charge >= 0.3 is 0 Å². The third-order valence-electron chi connectivity index (χ3n) is 8.86. The Morgan fingerprint density at radius 1 is 0.224 bits per heavy atom. The molecule has 4 aromatic heterocycles. The van der Waals surface area contributed by atoms with Crippen molar-refractivity contribution < 1.29 is 22.4 Å². The minimum Gasteiger partial charge on any atom is -0.628 e. The summed E-state index contributed by atoms with van der Waals surface area (Å²) in [7, 11) is 0. The number of nitrogens with zero attached hydrogens (tertiary/aromatic N) is 4. The molecule has 8 bridgehead atoms. The van der Waals surface area contributed by atoms with Crippen LogP contribution in [0, 0.1) is 23.7 Å². The van der Waals surface area contributed by atoms with E-state index in [-0.39, 0.29) is 22.4 Å². The molecule has 4 nitrogen and oxygen atoms in total. The van der Waals surface area contributed by atoms with Crippen LogP contribution in [0.5, 0.6) is 0 Å². The zero-order chi connectivity index (χ0) is 31.9. The van der Waals surface area contributed by atoms with Crippen LogP contribution in [-0.4, -0.2) is 0 Å². The minimum absolute atomic E-state index is 0. The van der Waals surface area contributed by atoms with Gasteiger partial charge in [-0.15, -0.1) is 0 Å². The van der Waals surface area contributed by atoms with Gasteiger partial charge in [0, 0.05) is 143 Å². The first-order valence-electron chi connectivity index (χ1n) is 16.1. The van der Waals surface area contributed by atoms with Crippen LogP contribution in [0.15, 0.2) is 170 Å². The van der Waals surface area contributed by atoms with Crippen molar-refractivity contribution in [2.45, 2.75) is 0 Å². The van der Waals surface area contributed by atoms with Gasteiger partial charge in [0.15, 0.2) is 0 Å². The predicted molar refractivity (Wildman–Crippen MR) is 187 cm³/mol. The first-order valence-corrected chi connectivity index (χ1v) is 16.1. The molecule has 4 aromatic carbocycles. The molecular weight excluding hydrogens is 781 g/mol. The largest absolute Gasteiger partial charge is 0.628 e. The van der Waals surface area contributed by atoms with Gasteiger partial charge in [0.05, 0.1) is 22.3 Å². The van der Waals surface area contributed by atoms with Crippen LogP contribution in [0.25, 0.3) is 0 Å². The molecule has 0 spiro atoms. The van der Waals surface area contributed by atoms with Crippen molar-refractivity contribution in [2.24, 2.45) is 0 Å².